The number of nitrogens with one attached hydrogen (secondary N) is 1. The van der Waals surface area contributed by atoms with Crippen molar-refractivity contribution >= 4 is 23.9 Å². The van der Waals surface area contributed by atoms with Crippen molar-refractivity contribution in [2.24, 2.45) is 0 Å². The number of aldehydes is 1. The first-order valence-electron chi connectivity index (χ1n) is 5.20. The maximum atomic E-state index is 11.4. The van der Waals surface area contributed by atoms with E-state index in [2.05, 4.69) is 5.32 Å². The molecule has 5 heteroatoms. The van der Waals surface area contributed by atoms with Crippen LogP contribution in [-0.2, 0) is 9.59 Å². The van der Waals surface area contributed by atoms with Gasteiger partial charge in [-0.25, -0.2) is 4.79 Å². The van der Waals surface area contributed by atoms with Crippen LogP contribution in [0.15, 0.2) is 24.3 Å². The van der Waals surface area contributed by atoms with Crippen molar-refractivity contribution in [3.05, 3.63) is 29.8 Å². The summed E-state index contributed by atoms with van der Waals surface area (Å²) >= 11 is 0. The summed E-state index contributed by atoms with van der Waals surface area (Å²) in [6.45, 7) is 0. The Balaban J connectivity index is 2.48. The number of carbonyl (C=O) groups is 3. The number of anilines is 1. The SMILES string of the molecule is O=CCCCC(=O)Nc1ccc(C(=O)O)cc1. The van der Waals surface area contributed by atoms with E-state index in [0.29, 0.717) is 18.5 Å². The average Bonchev–Trinajstić information content (AvgIpc) is 2.30. The molecule has 0 bridgehead atoms. The van der Waals surface area contributed by atoms with E-state index in [1.165, 1.54) is 24.3 Å². The molecule has 0 aliphatic heterocycles. The topological polar surface area (TPSA) is 83.5 Å². The number of carbonyl (C=O) groups excluding carboxylic acids is 2. The van der Waals surface area contributed by atoms with Gasteiger partial charge in [-0.05, 0) is 30.7 Å². The number of rotatable bonds is 6. The van der Waals surface area contributed by atoms with Crippen LogP contribution in [0.3, 0.4) is 0 Å². The third-order valence-corrected chi connectivity index (χ3v) is 2.14. The number of carboxylic acids is 1. The van der Waals surface area contributed by atoms with E-state index in [1.807, 2.05) is 0 Å². The van der Waals surface area contributed by atoms with Crippen LogP contribution >= 0.6 is 0 Å². The fourth-order valence-corrected chi connectivity index (χ4v) is 1.27. The maximum Gasteiger partial charge on any atom is 0.335 e. The Bertz CT molecular complexity index is 411. The molecule has 0 spiro atoms. The van der Waals surface area contributed by atoms with Gasteiger partial charge in [0.15, 0.2) is 0 Å². The number of carboxylic acid groups (broad SMARTS) is 1. The minimum atomic E-state index is -1.01. The summed E-state index contributed by atoms with van der Waals surface area (Å²) in [6.07, 6.45) is 1.93. The lowest BCUT2D eigenvalue weighted by atomic mass is 10.2. The van der Waals surface area contributed by atoms with Gasteiger partial charge in [0.05, 0.1) is 5.56 Å². The summed E-state index contributed by atoms with van der Waals surface area (Å²) in [5.41, 5.74) is 0.718. The molecule has 0 fully saturated rings. The van der Waals surface area contributed by atoms with E-state index < -0.39 is 5.97 Å². The van der Waals surface area contributed by atoms with Crippen molar-refractivity contribution in [3.8, 4) is 0 Å². The number of hydrogen-bond acceptors (Lipinski definition) is 3. The minimum absolute atomic E-state index is 0.170. The highest BCUT2D eigenvalue weighted by atomic mass is 16.4. The molecule has 90 valence electrons. The number of unbranched alkanes of at least 4 members (excludes halogenated alkanes) is 1. The Hall–Kier alpha value is -2.17. The normalized spacial score (nSPS) is 9.65. The van der Waals surface area contributed by atoms with Gasteiger partial charge in [0.1, 0.15) is 6.29 Å². The molecular formula is C12H13NO4. The smallest absolute Gasteiger partial charge is 0.335 e. The molecule has 0 aromatic heterocycles. The standard InChI is InChI=1S/C12H13NO4/c14-8-2-1-3-11(15)13-10-6-4-9(5-7-10)12(16)17/h4-8H,1-3H2,(H,13,15)(H,16,17). The van der Waals surface area contributed by atoms with Gasteiger partial charge in [-0.2, -0.15) is 0 Å². The third kappa shape index (κ3) is 4.46. The molecule has 1 amide bonds. The van der Waals surface area contributed by atoms with Crippen LogP contribution in [-0.4, -0.2) is 23.3 Å². The van der Waals surface area contributed by atoms with Crippen molar-refractivity contribution in [2.75, 3.05) is 5.32 Å². The fourth-order valence-electron chi connectivity index (χ4n) is 1.27. The third-order valence-electron chi connectivity index (χ3n) is 2.14. The largest absolute Gasteiger partial charge is 0.478 e. The van der Waals surface area contributed by atoms with Crippen molar-refractivity contribution in [3.63, 3.8) is 0 Å². The van der Waals surface area contributed by atoms with Crippen molar-refractivity contribution < 1.29 is 19.5 Å². The molecular weight excluding hydrogens is 222 g/mol. The maximum absolute atomic E-state index is 11.4. The van der Waals surface area contributed by atoms with Crippen molar-refractivity contribution in [2.45, 2.75) is 19.3 Å². The lowest BCUT2D eigenvalue weighted by molar-refractivity contribution is -0.116. The number of benzene rings is 1. The van der Waals surface area contributed by atoms with Gasteiger partial charge >= 0.3 is 5.97 Å². The number of hydrogen-bond donors (Lipinski definition) is 2. The van der Waals surface area contributed by atoms with E-state index in [1.54, 1.807) is 0 Å². The number of aromatic carboxylic acids is 1. The zero-order valence-electron chi connectivity index (χ0n) is 9.18. The van der Waals surface area contributed by atoms with Crippen LogP contribution in [0.5, 0.6) is 0 Å². The second kappa shape index (κ2) is 6.42. The molecule has 17 heavy (non-hydrogen) atoms. The first-order valence-corrected chi connectivity index (χ1v) is 5.20. The summed E-state index contributed by atoms with van der Waals surface area (Å²) in [6, 6.07) is 5.90. The molecule has 1 aromatic carbocycles. The summed E-state index contributed by atoms with van der Waals surface area (Å²) in [5.74, 6) is -1.19. The van der Waals surface area contributed by atoms with E-state index in [4.69, 9.17) is 5.11 Å². The van der Waals surface area contributed by atoms with Crippen LogP contribution in [0.1, 0.15) is 29.6 Å². The van der Waals surface area contributed by atoms with Crippen LogP contribution in [0.2, 0.25) is 0 Å². The highest BCUT2D eigenvalue weighted by Crippen LogP contribution is 2.10. The Morgan fingerprint density at radius 1 is 1.24 bits per heavy atom. The van der Waals surface area contributed by atoms with Gasteiger partial charge in [-0.3, -0.25) is 4.79 Å². The molecule has 0 unspecified atom stereocenters. The molecule has 0 saturated carbocycles. The predicted octanol–water partition coefficient (Wildman–Crippen LogP) is 1.69. The van der Waals surface area contributed by atoms with Gasteiger partial charge in [0.2, 0.25) is 5.91 Å². The summed E-state index contributed by atoms with van der Waals surface area (Å²) in [5, 5.41) is 11.3. The first-order chi connectivity index (χ1) is 8.13. The molecule has 0 aliphatic carbocycles. The molecule has 5 nitrogen and oxygen atoms in total. The van der Waals surface area contributed by atoms with E-state index in [0.717, 1.165) is 6.29 Å². The minimum Gasteiger partial charge on any atom is -0.478 e. The van der Waals surface area contributed by atoms with Crippen LogP contribution in [0, 0.1) is 0 Å². The zero-order chi connectivity index (χ0) is 12.7. The lowest BCUT2D eigenvalue weighted by Gasteiger charge is -2.04. The molecule has 0 atom stereocenters. The quantitative estimate of drug-likeness (QED) is 0.580. The molecule has 1 aromatic rings. The van der Waals surface area contributed by atoms with Crippen molar-refractivity contribution in [1.82, 2.24) is 0 Å². The molecule has 0 aliphatic rings. The van der Waals surface area contributed by atoms with Crippen molar-refractivity contribution in [1.29, 1.82) is 0 Å². The Morgan fingerprint density at radius 2 is 1.88 bits per heavy atom. The molecule has 1 rings (SSSR count). The van der Waals surface area contributed by atoms with Gasteiger partial charge in [0.25, 0.3) is 0 Å². The highest BCUT2D eigenvalue weighted by molar-refractivity contribution is 5.92. The summed E-state index contributed by atoms with van der Waals surface area (Å²) in [7, 11) is 0. The van der Waals surface area contributed by atoms with Gasteiger partial charge in [0, 0.05) is 18.5 Å². The summed E-state index contributed by atoms with van der Waals surface area (Å²) in [4.78, 5) is 32.0. The second-order valence-corrected chi connectivity index (χ2v) is 3.49. The zero-order valence-corrected chi connectivity index (χ0v) is 9.18. The molecule has 0 saturated heterocycles. The van der Waals surface area contributed by atoms with Gasteiger partial charge in [-0.1, -0.05) is 0 Å². The Kier molecular flexibility index (Phi) is 4.87. The van der Waals surface area contributed by atoms with E-state index in [9.17, 15) is 14.4 Å². The Labute approximate surface area is 98.4 Å². The Morgan fingerprint density at radius 3 is 2.41 bits per heavy atom. The lowest BCUT2D eigenvalue weighted by Crippen LogP contribution is -2.11. The average molecular weight is 235 g/mol. The molecule has 2 N–H and O–H groups in total. The second-order valence-electron chi connectivity index (χ2n) is 3.49. The van der Waals surface area contributed by atoms with E-state index >= 15 is 0 Å². The van der Waals surface area contributed by atoms with Gasteiger partial charge in [-0.15, -0.1) is 0 Å². The molecule has 0 heterocycles. The summed E-state index contributed by atoms with van der Waals surface area (Å²) < 4.78 is 0. The predicted molar refractivity (Wildman–Crippen MR) is 61.9 cm³/mol. The fraction of sp³-hybridized carbons (Fsp3) is 0.250. The van der Waals surface area contributed by atoms with Crippen LogP contribution in [0.25, 0.3) is 0 Å². The van der Waals surface area contributed by atoms with Crippen LogP contribution < -0.4 is 5.32 Å². The van der Waals surface area contributed by atoms with Gasteiger partial charge < -0.3 is 15.2 Å². The first kappa shape index (κ1) is 12.9. The van der Waals surface area contributed by atoms with Crippen LogP contribution in [0.4, 0.5) is 5.69 Å². The van der Waals surface area contributed by atoms with E-state index in [-0.39, 0.29) is 17.9 Å². The molecule has 0 radical (unpaired) electrons. The number of amides is 1. The highest BCUT2D eigenvalue weighted by Gasteiger charge is 2.04. The monoisotopic (exact) mass is 235 g/mol.